The zero-order valence-electron chi connectivity index (χ0n) is 17.4. The second-order valence-corrected chi connectivity index (χ2v) is 7.71. The van der Waals surface area contributed by atoms with Gasteiger partial charge in [-0.15, -0.1) is 0 Å². The van der Waals surface area contributed by atoms with Crippen LogP contribution >= 0.6 is 11.6 Å². The van der Waals surface area contributed by atoms with E-state index in [0.29, 0.717) is 18.0 Å². The largest absolute Gasteiger partial charge is 0.416 e. The van der Waals surface area contributed by atoms with Gasteiger partial charge in [0.15, 0.2) is 0 Å². The SMILES string of the molecule is CNC(=O)[C@H](N[C@@H](CCc1ccc(C(F)(F)F)cc1)c1ccc(Cl)nc1)c1ccccc1. The number of benzene rings is 2. The van der Waals surface area contributed by atoms with Crippen molar-refractivity contribution in [3.05, 3.63) is 100 Å². The van der Waals surface area contributed by atoms with Gasteiger partial charge >= 0.3 is 6.18 Å². The smallest absolute Gasteiger partial charge is 0.358 e. The molecule has 0 aliphatic carbocycles. The molecule has 3 rings (SSSR count). The van der Waals surface area contributed by atoms with Crippen molar-refractivity contribution in [2.24, 2.45) is 0 Å². The molecular formula is C24H23ClF3N3O. The Kier molecular flexibility index (Phi) is 7.88. The van der Waals surface area contributed by atoms with Crippen LogP contribution in [0.25, 0.3) is 0 Å². The molecule has 0 aliphatic rings. The Bertz CT molecular complexity index is 1010. The molecule has 4 nitrogen and oxygen atoms in total. The average molecular weight is 462 g/mol. The van der Waals surface area contributed by atoms with Gasteiger partial charge in [-0.2, -0.15) is 13.2 Å². The maximum absolute atomic E-state index is 12.8. The minimum atomic E-state index is -4.37. The van der Waals surface area contributed by atoms with Crippen molar-refractivity contribution >= 4 is 17.5 Å². The van der Waals surface area contributed by atoms with Crippen LogP contribution in [0.3, 0.4) is 0 Å². The fourth-order valence-corrected chi connectivity index (χ4v) is 3.54. The van der Waals surface area contributed by atoms with E-state index >= 15 is 0 Å². The molecule has 32 heavy (non-hydrogen) atoms. The van der Waals surface area contributed by atoms with Crippen LogP contribution in [0.2, 0.25) is 5.15 Å². The first kappa shape index (κ1) is 23.8. The molecule has 1 aromatic heterocycles. The van der Waals surface area contributed by atoms with Gasteiger partial charge in [0, 0.05) is 19.3 Å². The molecule has 1 amide bonds. The van der Waals surface area contributed by atoms with Crippen LogP contribution in [-0.4, -0.2) is 17.9 Å². The molecule has 0 bridgehead atoms. The number of hydrogen-bond acceptors (Lipinski definition) is 3. The zero-order valence-corrected chi connectivity index (χ0v) is 18.1. The normalized spacial score (nSPS) is 13.4. The first-order valence-electron chi connectivity index (χ1n) is 10.1. The lowest BCUT2D eigenvalue weighted by atomic mass is 9.97. The van der Waals surface area contributed by atoms with Gasteiger partial charge in [0.1, 0.15) is 11.2 Å². The summed E-state index contributed by atoms with van der Waals surface area (Å²) in [7, 11) is 1.57. The third-order valence-electron chi connectivity index (χ3n) is 5.16. The van der Waals surface area contributed by atoms with Crippen molar-refractivity contribution in [3.63, 3.8) is 0 Å². The molecule has 3 aromatic rings. The van der Waals surface area contributed by atoms with Crippen molar-refractivity contribution in [1.29, 1.82) is 0 Å². The van der Waals surface area contributed by atoms with Gasteiger partial charge < -0.3 is 5.32 Å². The molecule has 0 unspecified atom stereocenters. The van der Waals surface area contributed by atoms with Gasteiger partial charge in [-0.1, -0.05) is 60.1 Å². The number of likely N-dealkylation sites (N-methyl/N-ethyl adjacent to an activating group) is 1. The predicted molar refractivity (Wildman–Crippen MR) is 118 cm³/mol. The third kappa shape index (κ3) is 6.31. The van der Waals surface area contributed by atoms with Gasteiger partial charge in [0.2, 0.25) is 5.91 Å². The number of nitrogens with zero attached hydrogens (tertiary/aromatic N) is 1. The lowest BCUT2D eigenvalue weighted by Crippen LogP contribution is -2.38. The standard InChI is InChI=1S/C24H23ClF3N3O/c1-29-23(32)22(17-5-3-2-4-6-17)31-20(18-10-14-21(25)30-15-18)13-9-16-7-11-19(12-8-16)24(26,27)28/h2-8,10-12,14-15,20,22,31H,9,13H2,1H3,(H,29,32)/t20-,22+/m0/s1. The lowest BCUT2D eigenvalue weighted by molar-refractivity contribution is -0.137. The molecule has 2 aromatic carbocycles. The van der Waals surface area contributed by atoms with Crippen LogP contribution in [-0.2, 0) is 17.4 Å². The number of halogens is 4. The first-order chi connectivity index (χ1) is 15.3. The quantitative estimate of drug-likeness (QED) is 0.435. The highest BCUT2D eigenvalue weighted by atomic mass is 35.5. The van der Waals surface area contributed by atoms with Crippen LogP contribution in [0.5, 0.6) is 0 Å². The van der Waals surface area contributed by atoms with Crippen LogP contribution in [0.15, 0.2) is 72.9 Å². The fourth-order valence-electron chi connectivity index (χ4n) is 3.43. The number of alkyl halides is 3. The van der Waals surface area contributed by atoms with E-state index in [2.05, 4.69) is 15.6 Å². The molecule has 0 aliphatic heterocycles. The predicted octanol–water partition coefficient (Wildman–Crippen LogP) is 5.50. The van der Waals surface area contributed by atoms with Gasteiger partial charge in [0.05, 0.1) is 5.56 Å². The molecular weight excluding hydrogens is 439 g/mol. The number of aryl methyl sites for hydroxylation is 1. The van der Waals surface area contributed by atoms with E-state index in [-0.39, 0.29) is 11.9 Å². The molecule has 2 atom stereocenters. The van der Waals surface area contributed by atoms with Crippen LogP contribution < -0.4 is 10.6 Å². The van der Waals surface area contributed by atoms with Crippen LogP contribution in [0.1, 0.15) is 40.8 Å². The summed E-state index contributed by atoms with van der Waals surface area (Å²) in [5.41, 5.74) is 1.71. The number of carbonyl (C=O) groups is 1. The number of carbonyl (C=O) groups excluding carboxylic acids is 1. The highest BCUT2D eigenvalue weighted by Gasteiger charge is 2.30. The van der Waals surface area contributed by atoms with E-state index in [1.54, 1.807) is 19.3 Å². The Labute approximate surface area is 189 Å². The molecule has 0 fully saturated rings. The Morgan fingerprint density at radius 1 is 1.00 bits per heavy atom. The van der Waals surface area contributed by atoms with E-state index in [9.17, 15) is 18.0 Å². The lowest BCUT2D eigenvalue weighted by Gasteiger charge is -2.26. The molecule has 0 spiro atoms. The zero-order chi connectivity index (χ0) is 23.1. The summed E-state index contributed by atoms with van der Waals surface area (Å²) in [4.78, 5) is 16.8. The van der Waals surface area contributed by atoms with E-state index < -0.39 is 17.8 Å². The van der Waals surface area contributed by atoms with Crippen molar-refractivity contribution in [3.8, 4) is 0 Å². The Morgan fingerprint density at radius 3 is 2.25 bits per heavy atom. The Hall–Kier alpha value is -2.90. The Balaban J connectivity index is 1.83. The number of amides is 1. The number of aromatic nitrogens is 1. The highest BCUT2D eigenvalue weighted by Crippen LogP contribution is 2.30. The number of pyridine rings is 1. The number of hydrogen-bond donors (Lipinski definition) is 2. The number of nitrogens with one attached hydrogen (secondary N) is 2. The first-order valence-corrected chi connectivity index (χ1v) is 10.5. The van der Waals surface area contributed by atoms with E-state index in [1.807, 2.05) is 36.4 Å². The molecule has 8 heteroatoms. The fraction of sp³-hybridized carbons (Fsp3) is 0.250. The van der Waals surface area contributed by atoms with Crippen molar-refractivity contribution in [2.45, 2.75) is 31.1 Å². The van der Waals surface area contributed by atoms with Gasteiger partial charge in [0.25, 0.3) is 0 Å². The van der Waals surface area contributed by atoms with Gasteiger partial charge in [-0.3, -0.25) is 10.1 Å². The van der Waals surface area contributed by atoms with E-state index in [1.165, 1.54) is 12.1 Å². The summed E-state index contributed by atoms with van der Waals surface area (Å²) in [6.45, 7) is 0. The van der Waals surface area contributed by atoms with Gasteiger partial charge in [-0.05, 0) is 47.7 Å². The van der Waals surface area contributed by atoms with Crippen molar-refractivity contribution < 1.29 is 18.0 Å². The molecule has 1 heterocycles. The number of rotatable bonds is 8. The molecule has 0 saturated heterocycles. The summed E-state index contributed by atoms with van der Waals surface area (Å²) in [6, 6.07) is 17.0. The molecule has 0 radical (unpaired) electrons. The van der Waals surface area contributed by atoms with Crippen molar-refractivity contribution in [2.75, 3.05) is 7.05 Å². The van der Waals surface area contributed by atoms with Crippen LogP contribution in [0.4, 0.5) is 13.2 Å². The maximum atomic E-state index is 12.8. The third-order valence-corrected chi connectivity index (χ3v) is 5.39. The molecule has 2 N–H and O–H groups in total. The summed E-state index contributed by atoms with van der Waals surface area (Å²) < 4.78 is 38.5. The van der Waals surface area contributed by atoms with Gasteiger partial charge in [-0.25, -0.2) is 4.98 Å². The second kappa shape index (κ2) is 10.6. The average Bonchev–Trinajstić information content (AvgIpc) is 2.80. The summed E-state index contributed by atoms with van der Waals surface area (Å²) in [6.07, 6.45) is -1.69. The maximum Gasteiger partial charge on any atom is 0.416 e. The summed E-state index contributed by atoms with van der Waals surface area (Å²) in [5, 5.41) is 6.41. The minimum Gasteiger partial charge on any atom is -0.358 e. The highest BCUT2D eigenvalue weighted by molar-refractivity contribution is 6.29. The minimum absolute atomic E-state index is 0.197. The second-order valence-electron chi connectivity index (χ2n) is 7.32. The molecule has 168 valence electrons. The van der Waals surface area contributed by atoms with E-state index in [0.717, 1.165) is 28.8 Å². The van der Waals surface area contributed by atoms with E-state index in [4.69, 9.17) is 11.6 Å². The Morgan fingerprint density at radius 2 is 1.69 bits per heavy atom. The summed E-state index contributed by atoms with van der Waals surface area (Å²) in [5.74, 6) is -0.197. The molecule has 0 saturated carbocycles. The van der Waals surface area contributed by atoms with Crippen LogP contribution in [0, 0.1) is 0 Å². The monoisotopic (exact) mass is 461 g/mol. The van der Waals surface area contributed by atoms with Crippen molar-refractivity contribution in [1.82, 2.24) is 15.6 Å². The summed E-state index contributed by atoms with van der Waals surface area (Å²) >= 11 is 5.93. The topological polar surface area (TPSA) is 54.0 Å².